The van der Waals surface area contributed by atoms with E-state index in [1.54, 1.807) is 11.3 Å². The van der Waals surface area contributed by atoms with Crippen molar-refractivity contribution in [1.82, 2.24) is 14.8 Å². The standard InChI is InChI=1S/C18H20N4OS2/c1-13(2)22(14-8-5-4-6-9-14)16(23)12-25-18-20-19-17(21(18)3)15-10-7-11-24-15/h4-11,13H,12H2,1-3H3. The number of rotatable bonds is 6. The maximum atomic E-state index is 12.8. The van der Waals surface area contributed by atoms with Crippen LogP contribution in [0.15, 0.2) is 53.0 Å². The number of carbonyl (C=O) groups is 1. The topological polar surface area (TPSA) is 51.0 Å². The molecule has 2 aromatic heterocycles. The van der Waals surface area contributed by atoms with Gasteiger partial charge in [0, 0.05) is 18.8 Å². The highest BCUT2D eigenvalue weighted by Crippen LogP contribution is 2.26. The smallest absolute Gasteiger partial charge is 0.237 e. The average molecular weight is 373 g/mol. The van der Waals surface area contributed by atoms with Crippen molar-refractivity contribution < 1.29 is 4.79 Å². The second-order valence-corrected chi connectivity index (χ2v) is 7.71. The van der Waals surface area contributed by atoms with Crippen LogP contribution >= 0.6 is 23.1 Å². The monoisotopic (exact) mass is 372 g/mol. The molecule has 0 spiro atoms. The number of thiophene rings is 1. The number of hydrogen-bond donors (Lipinski definition) is 0. The Bertz CT molecular complexity index is 828. The maximum Gasteiger partial charge on any atom is 0.237 e. The Morgan fingerprint density at radius 3 is 2.60 bits per heavy atom. The largest absolute Gasteiger partial charge is 0.309 e. The van der Waals surface area contributed by atoms with Gasteiger partial charge in [-0.1, -0.05) is 36.0 Å². The molecular formula is C18H20N4OS2. The van der Waals surface area contributed by atoms with Crippen LogP contribution in [0, 0.1) is 0 Å². The van der Waals surface area contributed by atoms with Crippen LogP contribution in [0.4, 0.5) is 5.69 Å². The number of para-hydroxylation sites is 1. The molecule has 0 bridgehead atoms. The van der Waals surface area contributed by atoms with Crippen molar-refractivity contribution in [2.45, 2.75) is 25.0 Å². The van der Waals surface area contributed by atoms with Crippen LogP contribution in [0.5, 0.6) is 0 Å². The Morgan fingerprint density at radius 1 is 1.20 bits per heavy atom. The van der Waals surface area contributed by atoms with Gasteiger partial charge in [-0.25, -0.2) is 0 Å². The zero-order valence-electron chi connectivity index (χ0n) is 14.4. The lowest BCUT2D eigenvalue weighted by atomic mass is 10.2. The number of thioether (sulfide) groups is 1. The Balaban J connectivity index is 1.71. The van der Waals surface area contributed by atoms with Gasteiger partial charge >= 0.3 is 0 Å². The molecule has 0 saturated heterocycles. The Kier molecular flexibility index (Phi) is 5.55. The summed E-state index contributed by atoms with van der Waals surface area (Å²) < 4.78 is 1.94. The molecule has 7 heteroatoms. The molecule has 3 rings (SSSR count). The van der Waals surface area contributed by atoms with Gasteiger partial charge in [0.2, 0.25) is 5.91 Å². The quantitative estimate of drug-likeness (QED) is 0.612. The Labute approximate surface area is 155 Å². The Hall–Kier alpha value is -2.12. The van der Waals surface area contributed by atoms with E-state index in [2.05, 4.69) is 10.2 Å². The van der Waals surface area contributed by atoms with Crippen LogP contribution in [0.2, 0.25) is 0 Å². The number of amides is 1. The maximum absolute atomic E-state index is 12.8. The summed E-state index contributed by atoms with van der Waals surface area (Å²) in [5, 5.41) is 11.2. The van der Waals surface area contributed by atoms with Crippen LogP contribution in [-0.4, -0.2) is 32.5 Å². The predicted molar refractivity (Wildman–Crippen MR) is 104 cm³/mol. The molecule has 0 aliphatic rings. The summed E-state index contributed by atoms with van der Waals surface area (Å²) in [4.78, 5) is 15.6. The van der Waals surface area contributed by atoms with E-state index in [0.29, 0.717) is 5.75 Å². The van der Waals surface area contributed by atoms with Gasteiger partial charge < -0.3 is 9.47 Å². The summed E-state index contributed by atoms with van der Waals surface area (Å²) >= 11 is 3.04. The van der Waals surface area contributed by atoms with Gasteiger partial charge in [0.05, 0.1) is 10.6 Å². The van der Waals surface area contributed by atoms with Gasteiger partial charge in [-0.3, -0.25) is 4.79 Å². The second-order valence-electron chi connectivity index (χ2n) is 5.82. The van der Waals surface area contributed by atoms with Crippen LogP contribution in [0.3, 0.4) is 0 Å². The van der Waals surface area contributed by atoms with Crippen LogP contribution in [0.25, 0.3) is 10.7 Å². The van der Waals surface area contributed by atoms with Crippen molar-refractivity contribution in [1.29, 1.82) is 0 Å². The minimum Gasteiger partial charge on any atom is -0.309 e. The number of hydrogen-bond acceptors (Lipinski definition) is 5. The van der Waals surface area contributed by atoms with E-state index in [4.69, 9.17) is 0 Å². The fraction of sp³-hybridized carbons (Fsp3) is 0.278. The third-order valence-electron chi connectivity index (χ3n) is 3.72. The average Bonchev–Trinajstić information content (AvgIpc) is 3.23. The summed E-state index contributed by atoms with van der Waals surface area (Å²) in [5.74, 6) is 1.21. The minimum atomic E-state index is 0.0619. The van der Waals surface area contributed by atoms with Gasteiger partial charge in [-0.2, -0.15) is 0 Å². The highest BCUT2D eigenvalue weighted by molar-refractivity contribution is 7.99. The molecule has 0 fully saturated rings. The van der Waals surface area contributed by atoms with Gasteiger partial charge in [0.1, 0.15) is 0 Å². The molecule has 0 atom stereocenters. The third kappa shape index (κ3) is 3.93. The summed E-state index contributed by atoms with van der Waals surface area (Å²) in [7, 11) is 1.93. The van der Waals surface area contributed by atoms with E-state index in [9.17, 15) is 4.79 Å². The first-order valence-electron chi connectivity index (χ1n) is 8.01. The number of nitrogens with zero attached hydrogens (tertiary/aromatic N) is 4. The van der Waals surface area contributed by atoms with E-state index in [1.165, 1.54) is 11.8 Å². The second kappa shape index (κ2) is 7.84. The molecule has 0 aliphatic carbocycles. The molecule has 130 valence electrons. The number of benzene rings is 1. The third-order valence-corrected chi connectivity index (χ3v) is 5.59. The SMILES string of the molecule is CC(C)N(C(=O)CSc1nnc(-c2cccs2)n1C)c1ccccc1. The highest BCUT2D eigenvalue weighted by atomic mass is 32.2. The zero-order valence-corrected chi connectivity index (χ0v) is 16.0. The molecular weight excluding hydrogens is 352 g/mol. The van der Waals surface area contributed by atoms with Crippen molar-refractivity contribution in [3.8, 4) is 10.7 Å². The summed E-state index contributed by atoms with van der Waals surface area (Å²) in [5.41, 5.74) is 0.917. The van der Waals surface area contributed by atoms with E-state index in [1.807, 2.05) is 78.2 Å². The molecule has 0 radical (unpaired) electrons. The van der Waals surface area contributed by atoms with Crippen molar-refractivity contribution >= 4 is 34.7 Å². The molecule has 5 nitrogen and oxygen atoms in total. The summed E-state index contributed by atoms with van der Waals surface area (Å²) in [6.07, 6.45) is 0. The van der Waals surface area contributed by atoms with Crippen LogP contribution < -0.4 is 4.90 Å². The molecule has 25 heavy (non-hydrogen) atoms. The summed E-state index contributed by atoms with van der Waals surface area (Å²) in [6, 6.07) is 13.9. The predicted octanol–water partition coefficient (Wildman–Crippen LogP) is 4.08. The molecule has 0 N–H and O–H groups in total. The summed E-state index contributed by atoms with van der Waals surface area (Å²) in [6.45, 7) is 4.04. The lowest BCUT2D eigenvalue weighted by Gasteiger charge is -2.26. The first-order valence-corrected chi connectivity index (χ1v) is 9.87. The van der Waals surface area contributed by atoms with Gasteiger partial charge in [-0.05, 0) is 37.4 Å². The van der Waals surface area contributed by atoms with E-state index >= 15 is 0 Å². The van der Waals surface area contributed by atoms with E-state index in [-0.39, 0.29) is 11.9 Å². The number of anilines is 1. The lowest BCUT2D eigenvalue weighted by molar-refractivity contribution is -0.116. The number of aromatic nitrogens is 3. The first-order chi connectivity index (χ1) is 12.1. The minimum absolute atomic E-state index is 0.0619. The van der Waals surface area contributed by atoms with Crippen LogP contribution in [-0.2, 0) is 11.8 Å². The van der Waals surface area contributed by atoms with Crippen molar-refractivity contribution in [2.24, 2.45) is 7.05 Å². The molecule has 1 amide bonds. The first kappa shape index (κ1) is 17.7. The molecule has 1 aromatic carbocycles. The normalized spacial score (nSPS) is 11.0. The molecule has 3 aromatic rings. The zero-order chi connectivity index (χ0) is 17.8. The van der Waals surface area contributed by atoms with Crippen molar-refractivity contribution in [3.05, 3.63) is 47.8 Å². The van der Waals surface area contributed by atoms with Crippen LogP contribution in [0.1, 0.15) is 13.8 Å². The molecule has 2 heterocycles. The highest BCUT2D eigenvalue weighted by Gasteiger charge is 2.20. The van der Waals surface area contributed by atoms with Gasteiger partial charge in [-0.15, -0.1) is 21.5 Å². The lowest BCUT2D eigenvalue weighted by Crippen LogP contribution is -2.38. The fourth-order valence-corrected chi connectivity index (χ4v) is 4.09. The molecule has 0 unspecified atom stereocenters. The van der Waals surface area contributed by atoms with Crippen molar-refractivity contribution in [3.63, 3.8) is 0 Å². The van der Waals surface area contributed by atoms with E-state index < -0.39 is 0 Å². The molecule has 0 aliphatic heterocycles. The Morgan fingerprint density at radius 2 is 1.96 bits per heavy atom. The fourth-order valence-electron chi connectivity index (χ4n) is 2.58. The van der Waals surface area contributed by atoms with Gasteiger partial charge in [0.25, 0.3) is 0 Å². The van der Waals surface area contributed by atoms with Crippen molar-refractivity contribution in [2.75, 3.05) is 10.7 Å². The van der Waals surface area contributed by atoms with Gasteiger partial charge in [0.15, 0.2) is 11.0 Å². The van der Waals surface area contributed by atoms with E-state index in [0.717, 1.165) is 21.5 Å². The molecule has 0 saturated carbocycles. The number of carbonyl (C=O) groups excluding carboxylic acids is 1.